The summed E-state index contributed by atoms with van der Waals surface area (Å²) in [5.41, 5.74) is 0.299. The third-order valence-corrected chi connectivity index (χ3v) is 8.74. The Hall–Kier alpha value is -4.58. The molecule has 0 radical (unpaired) electrons. The summed E-state index contributed by atoms with van der Waals surface area (Å²) in [5.74, 6) is 0.925. The van der Waals surface area contributed by atoms with Gasteiger partial charge in [0.1, 0.15) is 23.3 Å². The molecule has 2 aromatic carbocycles. The van der Waals surface area contributed by atoms with E-state index in [1.54, 1.807) is 54.9 Å². The highest BCUT2D eigenvalue weighted by Gasteiger charge is 2.33. The van der Waals surface area contributed by atoms with E-state index in [0.717, 1.165) is 0 Å². The molecule has 14 heteroatoms. The predicted molar refractivity (Wildman–Crippen MR) is 170 cm³/mol. The molecule has 0 saturated heterocycles. The van der Waals surface area contributed by atoms with Gasteiger partial charge in [-0.25, -0.2) is 10.1 Å². The summed E-state index contributed by atoms with van der Waals surface area (Å²) in [6.45, 7) is 10.9. The SMILES string of the molecule is C=C/C(=C\C=C\Oc1cc(OC(C)C)cc(C(=O)Nc2nccs2)c1)P(=O)(NC(C)C(=O)OCC)Oc1ccc2c(c1)OCO2. The quantitative estimate of drug-likeness (QED) is 0.0783. The minimum Gasteiger partial charge on any atom is -0.491 e. The number of nitrogens with one attached hydrogen (secondary N) is 2. The molecule has 0 fully saturated rings. The van der Waals surface area contributed by atoms with Crippen molar-refractivity contribution in [2.45, 2.75) is 39.8 Å². The van der Waals surface area contributed by atoms with E-state index < -0.39 is 19.5 Å². The normalized spacial score (nSPS) is 14.5. The molecule has 4 rings (SSSR count). The van der Waals surface area contributed by atoms with Crippen molar-refractivity contribution in [1.82, 2.24) is 10.1 Å². The van der Waals surface area contributed by atoms with E-state index >= 15 is 0 Å². The monoisotopic (exact) mass is 655 g/mol. The number of hydrogen-bond donors (Lipinski definition) is 2. The van der Waals surface area contributed by atoms with E-state index in [0.29, 0.717) is 33.7 Å². The number of carbonyl (C=O) groups excluding carboxylic acids is 2. The van der Waals surface area contributed by atoms with Crippen LogP contribution in [0, 0.1) is 0 Å². The van der Waals surface area contributed by atoms with Crippen LogP contribution in [-0.2, 0) is 14.1 Å². The number of benzene rings is 2. The van der Waals surface area contributed by atoms with Crippen molar-refractivity contribution >= 4 is 35.9 Å². The minimum atomic E-state index is -3.98. The second-order valence-corrected chi connectivity index (χ2v) is 12.6. The first-order chi connectivity index (χ1) is 21.6. The molecule has 0 saturated carbocycles. The van der Waals surface area contributed by atoms with Crippen molar-refractivity contribution in [2.24, 2.45) is 0 Å². The molecular weight excluding hydrogens is 621 g/mol. The maximum Gasteiger partial charge on any atom is 0.347 e. The number of anilines is 1. The average molecular weight is 656 g/mol. The largest absolute Gasteiger partial charge is 0.491 e. The summed E-state index contributed by atoms with van der Waals surface area (Å²) < 4.78 is 47.7. The van der Waals surface area contributed by atoms with Gasteiger partial charge in [0.25, 0.3) is 5.91 Å². The summed E-state index contributed by atoms with van der Waals surface area (Å²) in [6.07, 6.45) is 7.08. The maximum absolute atomic E-state index is 14.3. The number of hydrogen-bond acceptors (Lipinski definition) is 11. The summed E-state index contributed by atoms with van der Waals surface area (Å²) in [4.78, 5) is 29.3. The number of allylic oxidation sites excluding steroid dienone is 4. The molecule has 45 heavy (non-hydrogen) atoms. The zero-order chi connectivity index (χ0) is 32.4. The van der Waals surface area contributed by atoms with Crippen molar-refractivity contribution in [3.8, 4) is 28.7 Å². The lowest BCUT2D eigenvalue weighted by atomic mass is 10.2. The molecule has 2 heterocycles. The number of thiazole rings is 1. The van der Waals surface area contributed by atoms with Gasteiger partial charge >= 0.3 is 13.5 Å². The van der Waals surface area contributed by atoms with E-state index in [-0.39, 0.29) is 36.5 Å². The highest BCUT2D eigenvalue weighted by atomic mass is 32.1. The Morgan fingerprint density at radius 3 is 2.60 bits per heavy atom. The maximum atomic E-state index is 14.3. The van der Waals surface area contributed by atoms with E-state index in [2.05, 4.69) is 22.0 Å². The number of ether oxygens (including phenoxy) is 5. The Bertz CT molecular complexity index is 1620. The molecule has 1 aromatic heterocycles. The number of esters is 1. The Kier molecular flexibility index (Phi) is 11.4. The summed E-state index contributed by atoms with van der Waals surface area (Å²) in [7, 11) is -3.98. The van der Waals surface area contributed by atoms with Crippen LogP contribution in [0.4, 0.5) is 5.13 Å². The van der Waals surface area contributed by atoms with Crippen molar-refractivity contribution in [3.05, 3.63) is 89.9 Å². The van der Waals surface area contributed by atoms with Crippen LogP contribution in [0.5, 0.6) is 28.7 Å². The van der Waals surface area contributed by atoms with Crippen LogP contribution in [0.3, 0.4) is 0 Å². The number of nitrogens with zero attached hydrogens (tertiary/aromatic N) is 1. The predicted octanol–water partition coefficient (Wildman–Crippen LogP) is 6.69. The fourth-order valence-electron chi connectivity index (χ4n) is 3.92. The molecule has 3 aromatic rings. The number of aromatic nitrogens is 1. The highest BCUT2D eigenvalue weighted by molar-refractivity contribution is 7.62. The van der Waals surface area contributed by atoms with Gasteiger partial charge in [0.05, 0.1) is 24.3 Å². The Morgan fingerprint density at radius 2 is 1.89 bits per heavy atom. The molecule has 0 spiro atoms. The second-order valence-electron chi connectivity index (χ2n) is 9.65. The van der Waals surface area contributed by atoms with Gasteiger partial charge in [0.2, 0.25) is 6.79 Å². The first-order valence-electron chi connectivity index (χ1n) is 13.9. The fourth-order valence-corrected chi connectivity index (χ4v) is 6.30. The topological polar surface area (TPSA) is 144 Å². The molecule has 1 amide bonds. The standard InChI is InChI=1S/C31H34N3O9PS/c1-6-26(44(37,34-21(5)30(36)38-7-2)43-23-10-11-27-28(18-23)41-19-40-27)9-8-13-39-24-15-22(16-25(17-24)42-20(3)4)29(35)33-31-32-12-14-45-31/h6,8-18,20-21H,1,7,19H2,2-5H3,(H,34,37)(H,32,33,35)/b13-8+,26-9+. The first kappa shape index (κ1) is 33.3. The average Bonchev–Trinajstić information content (AvgIpc) is 3.68. The first-order valence-corrected chi connectivity index (χ1v) is 16.4. The number of fused-ring (bicyclic) bond motifs is 1. The van der Waals surface area contributed by atoms with Crippen LogP contribution in [0.1, 0.15) is 38.1 Å². The molecule has 0 aliphatic carbocycles. The molecule has 1 aliphatic rings. The van der Waals surface area contributed by atoms with Crippen LogP contribution < -0.4 is 33.9 Å². The van der Waals surface area contributed by atoms with Gasteiger partial charge in [-0.1, -0.05) is 12.7 Å². The Balaban J connectivity index is 1.57. The fraction of sp³-hybridized carbons (Fsp3) is 0.258. The zero-order valence-corrected chi connectivity index (χ0v) is 26.9. The molecule has 0 bridgehead atoms. The van der Waals surface area contributed by atoms with Crippen molar-refractivity contribution in [2.75, 3.05) is 18.7 Å². The smallest absolute Gasteiger partial charge is 0.347 e. The van der Waals surface area contributed by atoms with Gasteiger partial charge in [-0.2, -0.15) is 0 Å². The summed E-state index contributed by atoms with van der Waals surface area (Å²) in [6, 6.07) is 8.56. The third kappa shape index (κ3) is 9.21. The zero-order valence-electron chi connectivity index (χ0n) is 25.2. The van der Waals surface area contributed by atoms with E-state index in [4.69, 9.17) is 28.2 Å². The van der Waals surface area contributed by atoms with Crippen molar-refractivity contribution < 1.29 is 42.4 Å². The lowest BCUT2D eigenvalue weighted by Crippen LogP contribution is -2.34. The van der Waals surface area contributed by atoms with Gasteiger partial charge in [-0.05, 0) is 64.1 Å². The second kappa shape index (κ2) is 15.4. The molecule has 238 valence electrons. The van der Waals surface area contributed by atoms with Crippen molar-refractivity contribution in [3.63, 3.8) is 0 Å². The molecule has 2 unspecified atom stereocenters. The minimum absolute atomic E-state index is 0.0572. The lowest BCUT2D eigenvalue weighted by molar-refractivity contribution is -0.144. The van der Waals surface area contributed by atoms with Gasteiger partial charge in [-0.3, -0.25) is 19.5 Å². The van der Waals surface area contributed by atoms with Crippen LogP contribution in [0.25, 0.3) is 0 Å². The highest BCUT2D eigenvalue weighted by Crippen LogP contribution is 2.53. The van der Waals surface area contributed by atoms with E-state index in [9.17, 15) is 14.2 Å². The number of carbonyl (C=O) groups is 2. The molecular formula is C31H34N3O9PS. The van der Waals surface area contributed by atoms with E-state index in [1.165, 1.54) is 42.8 Å². The lowest BCUT2D eigenvalue weighted by Gasteiger charge is -2.24. The molecule has 1 aliphatic heterocycles. The third-order valence-electron chi connectivity index (χ3n) is 5.85. The van der Waals surface area contributed by atoms with Gasteiger partial charge < -0.3 is 28.2 Å². The number of amides is 1. The van der Waals surface area contributed by atoms with Crippen LogP contribution in [-0.4, -0.2) is 42.4 Å². The Morgan fingerprint density at radius 1 is 1.11 bits per heavy atom. The van der Waals surface area contributed by atoms with E-state index in [1.807, 2.05) is 13.8 Å². The van der Waals surface area contributed by atoms with Crippen LogP contribution >= 0.6 is 18.9 Å². The van der Waals surface area contributed by atoms with Gasteiger partial charge in [0, 0.05) is 29.3 Å². The Labute approximate surface area is 265 Å². The summed E-state index contributed by atoms with van der Waals surface area (Å²) >= 11 is 1.29. The molecule has 12 nitrogen and oxygen atoms in total. The van der Waals surface area contributed by atoms with Crippen LogP contribution in [0.2, 0.25) is 0 Å². The van der Waals surface area contributed by atoms with Gasteiger partial charge in [0.15, 0.2) is 16.6 Å². The number of rotatable bonds is 15. The molecule has 2 N–H and O–H groups in total. The van der Waals surface area contributed by atoms with Crippen molar-refractivity contribution in [1.29, 1.82) is 0 Å². The van der Waals surface area contributed by atoms with Crippen LogP contribution in [0.15, 0.2) is 84.4 Å². The molecule has 2 atom stereocenters. The van der Waals surface area contributed by atoms with Gasteiger partial charge in [-0.15, -0.1) is 11.3 Å². The summed E-state index contributed by atoms with van der Waals surface area (Å²) in [5, 5.41) is 7.86.